The van der Waals surface area contributed by atoms with Crippen molar-refractivity contribution >= 4 is 22.8 Å². The fourth-order valence-electron chi connectivity index (χ4n) is 2.17. The van der Waals surface area contributed by atoms with Gasteiger partial charge >= 0.3 is 5.97 Å². The molecule has 0 radical (unpaired) electrons. The number of amides is 1. The lowest BCUT2D eigenvalue weighted by Gasteiger charge is -2.05. The first-order valence-electron chi connectivity index (χ1n) is 6.60. The van der Waals surface area contributed by atoms with Crippen molar-refractivity contribution in [1.29, 1.82) is 0 Å². The minimum Gasteiger partial charge on any atom is -0.465 e. The van der Waals surface area contributed by atoms with E-state index in [1.807, 2.05) is 31.2 Å². The average molecular weight is 274 g/mol. The highest BCUT2D eigenvalue weighted by molar-refractivity contribution is 5.91. The number of aromatic nitrogens is 1. The van der Waals surface area contributed by atoms with E-state index in [0.717, 1.165) is 22.2 Å². The molecular weight excluding hydrogens is 256 g/mol. The summed E-state index contributed by atoms with van der Waals surface area (Å²) in [7, 11) is 0. The number of hydrogen-bond acceptors (Lipinski definition) is 3. The van der Waals surface area contributed by atoms with Gasteiger partial charge in [-0.1, -0.05) is 18.2 Å². The number of fused-ring (bicyclic) bond motifs is 1. The summed E-state index contributed by atoms with van der Waals surface area (Å²) < 4.78 is 4.76. The summed E-state index contributed by atoms with van der Waals surface area (Å²) in [5, 5.41) is 3.61. The molecule has 1 aromatic heterocycles. The van der Waals surface area contributed by atoms with Gasteiger partial charge in [0.05, 0.1) is 13.0 Å². The van der Waals surface area contributed by atoms with E-state index in [2.05, 4.69) is 10.3 Å². The van der Waals surface area contributed by atoms with Crippen LogP contribution in [0.1, 0.15) is 18.2 Å². The first kappa shape index (κ1) is 14.1. The number of esters is 1. The Morgan fingerprint density at radius 3 is 2.80 bits per heavy atom. The number of aromatic amines is 1. The van der Waals surface area contributed by atoms with Crippen LogP contribution in [0.25, 0.3) is 10.9 Å². The third kappa shape index (κ3) is 3.17. The predicted octanol–water partition coefficient (Wildman–Crippen LogP) is 1.70. The number of para-hydroxylation sites is 1. The number of rotatable bonds is 5. The molecule has 0 unspecified atom stereocenters. The van der Waals surface area contributed by atoms with Crippen LogP contribution in [0.2, 0.25) is 0 Å². The molecule has 0 aliphatic rings. The molecule has 20 heavy (non-hydrogen) atoms. The summed E-state index contributed by atoms with van der Waals surface area (Å²) in [6, 6.07) is 7.84. The maximum absolute atomic E-state index is 11.9. The molecule has 0 saturated carbocycles. The number of H-pyrrole nitrogens is 1. The van der Waals surface area contributed by atoms with Crippen LogP contribution in [-0.4, -0.2) is 30.0 Å². The number of benzene rings is 1. The summed E-state index contributed by atoms with van der Waals surface area (Å²) >= 11 is 0. The highest BCUT2D eigenvalue weighted by Gasteiger charge is 2.13. The second-order valence-corrected chi connectivity index (χ2v) is 4.53. The van der Waals surface area contributed by atoms with Crippen LogP contribution in [0.15, 0.2) is 24.3 Å². The van der Waals surface area contributed by atoms with Crippen molar-refractivity contribution in [3.8, 4) is 0 Å². The molecule has 2 N–H and O–H groups in total. The van der Waals surface area contributed by atoms with Crippen LogP contribution in [0.4, 0.5) is 0 Å². The highest BCUT2D eigenvalue weighted by Crippen LogP contribution is 2.22. The monoisotopic (exact) mass is 274 g/mol. The topological polar surface area (TPSA) is 71.2 Å². The van der Waals surface area contributed by atoms with E-state index in [9.17, 15) is 9.59 Å². The molecule has 0 atom stereocenters. The molecular formula is C15H18N2O3. The smallest absolute Gasteiger partial charge is 0.325 e. The Morgan fingerprint density at radius 2 is 2.05 bits per heavy atom. The Labute approximate surface area is 117 Å². The van der Waals surface area contributed by atoms with Gasteiger partial charge in [0.25, 0.3) is 0 Å². The molecule has 0 bridgehead atoms. The second-order valence-electron chi connectivity index (χ2n) is 4.53. The van der Waals surface area contributed by atoms with Gasteiger partial charge in [-0.05, 0) is 25.5 Å². The number of aryl methyl sites for hydroxylation is 1. The zero-order chi connectivity index (χ0) is 14.5. The average Bonchev–Trinajstić information content (AvgIpc) is 2.73. The largest absolute Gasteiger partial charge is 0.465 e. The molecule has 2 aromatic rings. The summed E-state index contributed by atoms with van der Waals surface area (Å²) in [4.78, 5) is 26.3. The van der Waals surface area contributed by atoms with Crippen molar-refractivity contribution in [2.75, 3.05) is 13.2 Å². The van der Waals surface area contributed by atoms with Crippen molar-refractivity contribution in [1.82, 2.24) is 10.3 Å². The summed E-state index contributed by atoms with van der Waals surface area (Å²) in [6.07, 6.45) is 0.245. The minimum absolute atomic E-state index is 0.0892. The first-order chi connectivity index (χ1) is 9.61. The van der Waals surface area contributed by atoms with E-state index < -0.39 is 5.97 Å². The predicted molar refractivity (Wildman–Crippen MR) is 76.4 cm³/mol. The zero-order valence-electron chi connectivity index (χ0n) is 11.7. The van der Waals surface area contributed by atoms with Gasteiger partial charge in [-0.2, -0.15) is 0 Å². The molecule has 5 heteroatoms. The van der Waals surface area contributed by atoms with Crippen LogP contribution in [0, 0.1) is 6.92 Å². The number of carbonyl (C=O) groups is 2. The third-order valence-corrected chi connectivity index (χ3v) is 3.10. The first-order valence-corrected chi connectivity index (χ1v) is 6.60. The van der Waals surface area contributed by atoms with Gasteiger partial charge in [-0.3, -0.25) is 9.59 Å². The van der Waals surface area contributed by atoms with E-state index >= 15 is 0 Å². The lowest BCUT2D eigenvalue weighted by Crippen LogP contribution is -2.31. The summed E-state index contributed by atoms with van der Waals surface area (Å²) in [5.41, 5.74) is 2.94. The van der Waals surface area contributed by atoms with E-state index in [1.54, 1.807) is 6.92 Å². The third-order valence-electron chi connectivity index (χ3n) is 3.10. The number of nitrogens with one attached hydrogen (secondary N) is 2. The molecule has 0 fully saturated rings. The molecule has 0 aliphatic heterocycles. The summed E-state index contributed by atoms with van der Waals surface area (Å²) in [5.74, 6) is -0.609. The molecule has 0 saturated heterocycles. The molecule has 106 valence electrons. The fourth-order valence-corrected chi connectivity index (χ4v) is 2.17. The number of hydrogen-bond donors (Lipinski definition) is 2. The van der Waals surface area contributed by atoms with Gasteiger partial charge in [0.1, 0.15) is 6.54 Å². The normalized spacial score (nSPS) is 10.5. The summed E-state index contributed by atoms with van der Waals surface area (Å²) in [6.45, 7) is 3.90. The van der Waals surface area contributed by atoms with Crippen molar-refractivity contribution in [3.63, 3.8) is 0 Å². The number of carbonyl (C=O) groups excluding carboxylic acids is 2. The van der Waals surface area contributed by atoms with Crippen molar-refractivity contribution in [2.24, 2.45) is 0 Å². The van der Waals surface area contributed by atoms with Crippen LogP contribution in [-0.2, 0) is 20.7 Å². The maximum atomic E-state index is 11.9. The van der Waals surface area contributed by atoms with Gasteiger partial charge in [-0.25, -0.2) is 0 Å². The second kappa shape index (κ2) is 6.23. The Bertz CT molecular complexity index is 631. The molecule has 1 heterocycles. The van der Waals surface area contributed by atoms with Gasteiger partial charge < -0.3 is 15.0 Å². The fraction of sp³-hybridized carbons (Fsp3) is 0.333. The lowest BCUT2D eigenvalue weighted by molar-refractivity contribution is -0.143. The van der Waals surface area contributed by atoms with Gasteiger partial charge in [0.2, 0.25) is 5.91 Å². The van der Waals surface area contributed by atoms with Crippen LogP contribution in [0.5, 0.6) is 0 Å². The van der Waals surface area contributed by atoms with Gasteiger partial charge in [-0.15, -0.1) is 0 Å². The zero-order valence-corrected chi connectivity index (χ0v) is 11.7. The van der Waals surface area contributed by atoms with Crippen LogP contribution in [0.3, 0.4) is 0 Å². The SMILES string of the molecule is CCOC(=O)CNC(=O)Cc1c(C)[nH]c2ccccc12. The van der Waals surface area contributed by atoms with Crippen LogP contribution < -0.4 is 5.32 Å². The Balaban J connectivity index is 2.03. The standard InChI is InChI=1S/C15H18N2O3/c1-3-20-15(19)9-16-14(18)8-12-10(2)17-13-7-5-4-6-11(12)13/h4-7,17H,3,8-9H2,1-2H3,(H,16,18). The van der Waals surface area contributed by atoms with E-state index in [1.165, 1.54) is 0 Å². The molecule has 0 aliphatic carbocycles. The lowest BCUT2D eigenvalue weighted by atomic mass is 10.1. The Morgan fingerprint density at radius 1 is 1.30 bits per heavy atom. The minimum atomic E-state index is -0.420. The molecule has 5 nitrogen and oxygen atoms in total. The molecule has 2 rings (SSSR count). The Hall–Kier alpha value is -2.30. The number of ether oxygens (including phenoxy) is 1. The van der Waals surface area contributed by atoms with Crippen molar-refractivity contribution < 1.29 is 14.3 Å². The maximum Gasteiger partial charge on any atom is 0.325 e. The van der Waals surface area contributed by atoms with Crippen molar-refractivity contribution in [2.45, 2.75) is 20.3 Å². The molecule has 0 spiro atoms. The quantitative estimate of drug-likeness (QED) is 0.815. The van der Waals surface area contributed by atoms with Crippen LogP contribution >= 0.6 is 0 Å². The van der Waals surface area contributed by atoms with Gasteiger partial charge in [0.15, 0.2) is 0 Å². The van der Waals surface area contributed by atoms with E-state index in [-0.39, 0.29) is 18.9 Å². The highest BCUT2D eigenvalue weighted by atomic mass is 16.5. The van der Waals surface area contributed by atoms with Crippen molar-refractivity contribution in [3.05, 3.63) is 35.5 Å². The Kier molecular flexibility index (Phi) is 4.40. The van der Waals surface area contributed by atoms with E-state index in [4.69, 9.17) is 4.74 Å². The molecule has 1 amide bonds. The molecule has 1 aromatic carbocycles. The van der Waals surface area contributed by atoms with E-state index in [0.29, 0.717) is 6.61 Å². The van der Waals surface area contributed by atoms with Gasteiger partial charge in [0, 0.05) is 16.6 Å².